The predicted octanol–water partition coefficient (Wildman–Crippen LogP) is 18.4. The van der Waals surface area contributed by atoms with E-state index in [2.05, 4.69) is 228 Å². The highest BCUT2D eigenvalue weighted by atomic mass is 16.3. The van der Waals surface area contributed by atoms with Gasteiger partial charge in [0.05, 0.1) is 16.7 Å². The molecule has 67 heavy (non-hydrogen) atoms. The third-order valence-corrected chi connectivity index (χ3v) is 14.4. The van der Waals surface area contributed by atoms with Crippen LogP contribution in [0.4, 0.5) is 17.1 Å². The number of fused-ring (bicyclic) bond motifs is 7. The van der Waals surface area contributed by atoms with Crippen molar-refractivity contribution in [2.24, 2.45) is 0 Å². The second-order valence-electron chi connectivity index (χ2n) is 18.2. The molecule has 12 aromatic rings. The Morgan fingerprint density at radius 3 is 1.94 bits per heavy atom. The van der Waals surface area contributed by atoms with E-state index in [9.17, 15) is 0 Å². The first-order chi connectivity index (χ1) is 33.2. The smallest absolute Gasteiger partial charge is 0.136 e. The van der Waals surface area contributed by atoms with Gasteiger partial charge in [-0.05, 0) is 130 Å². The molecule has 13 rings (SSSR count). The first-order valence-corrected chi connectivity index (χ1v) is 23.9. The molecule has 1 saturated carbocycles. The Balaban J connectivity index is 0.994. The van der Waals surface area contributed by atoms with Crippen LogP contribution in [-0.4, -0.2) is 4.57 Å². The molecule has 0 N–H and O–H groups in total. The van der Waals surface area contributed by atoms with Gasteiger partial charge >= 0.3 is 0 Å². The van der Waals surface area contributed by atoms with Gasteiger partial charge in [0.1, 0.15) is 11.2 Å². The molecule has 3 nitrogen and oxygen atoms in total. The Hall–Kier alpha value is -8.14. The number of nitrogens with zero attached hydrogens (tertiary/aromatic N) is 2. The SMILES string of the molecule is c1ccc(-n2c3ccccc3c3ccc(-c4cccc(N(c5ccc(-c6cccc7oc8ccccc8c67)cc5)c5ccccc5-c5cccc6cccc(C7CCCCC7)c56)c4)cc32)cc1. The average Bonchev–Trinajstić information content (AvgIpc) is 3.95. The van der Waals surface area contributed by atoms with Gasteiger partial charge in [0.2, 0.25) is 0 Å². The molecule has 1 fully saturated rings. The molecule has 0 aliphatic heterocycles. The molecular weight excluding hydrogens is 813 g/mol. The molecule has 10 aromatic carbocycles. The molecule has 2 heterocycles. The van der Waals surface area contributed by atoms with E-state index in [-0.39, 0.29) is 0 Å². The lowest BCUT2D eigenvalue weighted by atomic mass is 9.80. The van der Waals surface area contributed by atoms with Crippen LogP contribution in [0.15, 0.2) is 229 Å². The maximum absolute atomic E-state index is 6.33. The number of rotatable bonds is 8. The van der Waals surface area contributed by atoms with Crippen molar-refractivity contribution in [3.63, 3.8) is 0 Å². The van der Waals surface area contributed by atoms with Crippen LogP contribution in [0.3, 0.4) is 0 Å². The highest BCUT2D eigenvalue weighted by Crippen LogP contribution is 2.47. The Bertz CT molecular complexity index is 3790. The summed E-state index contributed by atoms with van der Waals surface area (Å²) in [7, 11) is 0. The van der Waals surface area contributed by atoms with Crippen molar-refractivity contribution in [2.75, 3.05) is 4.90 Å². The molecule has 2 aromatic heterocycles. The summed E-state index contributed by atoms with van der Waals surface area (Å²) in [6.07, 6.45) is 6.43. The minimum absolute atomic E-state index is 0.570. The summed E-state index contributed by atoms with van der Waals surface area (Å²) in [5.41, 5.74) is 17.3. The Kier molecular flexibility index (Phi) is 9.60. The Morgan fingerprint density at radius 1 is 0.403 bits per heavy atom. The predicted molar refractivity (Wildman–Crippen MR) is 282 cm³/mol. The highest BCUT2D eigenvalue weighted by molar-refractivity contribution is 6.13. The van der Waals surface area contributed by atoms with E-state index in [1.807, 2.05) is 6.07 Å². The zero-order valence-corrected chi connectivity index (χ0v) is 37.3. The molecule has 0 unspecified atom stereocenters. The molecule has 1 aliphatic carbocycles. The highest BCUT2D eigenvalue weighted by Gasteiger charge is 2.24. The number of benzene rings is 10. The second kappa shape index (κ2) is 16.4. The van der Waals surface area contributed by atoms with Crippen LogP contribution < -0.4 is 4.90 Å². The van der Waals surface area contributed by atoms with Crippen LogP contribution in [-0.2, 0) is 0 Å². The maximum atomic E-state index is 6.33. The number of hydrogen-bond donors (Lipinski definition) is 0. The quantitative estimate of drug-likeness (QED) is 0.152. The molecule has 0 bridgehead atoms. The van der Waals surface area contributed by atoms with Crippen LogP contribution in [0.25, 0.3) is 93.6 Å². The van der Waals surface area contributed by atoms with Gasteiger partial charge < -0.3 is 13.9 Å². The van der Waals surface area contributed by atoms with Gasteiger partial charge in [0.25, 0.3) is 0 Å². The van der Waals surface area contributed by atoms with Crippen molar-refractivity contribution in [2.45, 2.75) is 38.0 Å². The fourth-order valence-corrected chi connectivity index (χ4v) is 11.3. The first kappa shape index (κ1) is 39.2. The molecule has 3 heteroatoms. The van der Waals surface area contributed by atoms with Crippen molar-refractivity contribution in [3.8, 4) is 39.1 Å². The van der Waals surface area contributed by atoms with E-state index in [0.717, 1.165) is 61.4 Å². The lowest BCUT2D eigenvalue weighted by Gasteiger charge is -2.29. The van der Waals surface area contributed by atoms with Gasteiger partial charge in [0, 0.05) is 44.2 Å². The van der Waals surface area contributed by atoms with Crippen molar-refractivity contribution >= 4 is 71.6 Å². The van der Waals surface area contributed by atoms with Gasteiger partial charge in [-0.1, -0.05) is 177 Å². The van der Waals surface area contributed by atoms with Gasteiger partial charge in [-0.3, -0.25) is 0 Å². The zero-order valence-electron chi connectivity index (χ0n) is 37.3. The Labute approximate surface area is 390 Å². The summed E-state index contributed by atoms with van der Waals surface area (Å²) in [5.74, 6) is 0.570. The fourth-order valence-electron chi connectivity index (χ4n) is 11.3. The van der Waals surface area contributed by atoms with Crippen LogP contribution in [0.2, 0.25) is 0 Å². The summed E-state index contributed by atoms with van der Waals surface area (Å²) in [6.45, 7) is 0. The van der Waals surface area contributed by atoms with E-state index in [1.54, 1.807) is 0 Å². The minimum Gasteiger partial charge on any atom is -0.456 e. The summed E-state index contributed by atoms with van der Waals surface area (Å²) in [6, 6.07) is 82.3. The van der Waals surface area contributed by atoms with Crippen LogP contribution in [0.5, 0.6) is 0 Å². The molecule has 0 amide bonds. The second-order valence-corrected chi connectivity index (χ2v) is 18.2. The third kappa shape index (κ3) is 6.72. The summed E-state index contributed by atoms with van der Waals surface area (Å²) >= 11 is 0. The van der Waals surface area contributed by atoms with Gasteiger partial charge in [-0.2, -0.15) is 0 Å². The van der Waals surface area contributed by atoms with E-state index in [0.29, 0.717) is 5.92 Å². The van der Waals surface area contributed by atoms with E-state index in [1.165, 1.54) is 86.9 Å². The fraction of sp³-hybridized carbons (Fsp3) is 0.0938. The van der Waals surface area contributed by atoms with Crippen LogP contribution in [0, 0.1) is 0 Å². The molecule has 0 saturated heterocycles. The number of aromatic nitrogens is 1. The van der Waals surface area contributed by atoms with Crippen molar-refractivity contribution in [1.82, 2.24) is 4.57 Å². The van der Waals surface area contributed by atoms with Crippen molar-refractivity contribution in [3.05, 3.63) is 230 Å². The van der Waals surface area contributed by atoms with Crippen molar-refractivity contribution < 1.29 is 4.42 Å². The Morgan fingerprint density at radius 2 is 1.06 bits per heavy atom. The third-order valence-electron chi connectivity index (χ3n) is 14.4. The molecular formula is C64H48N2O. The van der Waals surface area contributed by atoms with E-state index < -0.39 is 0 Å². The lowest BCUT2D eigenvalue weighted by Crippen LogP contribution is -2.11. The normalized spacial score (nSPS) is 13.3. The molecule has 0 radical (unpaired) electrons. The standard InChI is InChI=1S/C64H48N2O/c1-3-17-43(18-4-1)51-28-14-19-45-20-15-30-56(63(45)51)54-26-8-10-31-58(54)65(49-38-35-44(36-39-49)52-29-16-34-62-64(52)57-27-9-12-33-61(57)67-62)50-24-13-21-46(41-50)47-37-40-55-53-25-7-11-32-59(53)66(60(55)42-47)48-22-5-2-6-23-48/h2,5-16,19-43H,1,3-4,17-18H2. The summed E-state index contributed by atoms with van der Waals surface area (Å²) in [4.78, 5) is 2.47. The molecule has 0 spiro atoms. The number of hydrogen-bond acceptors (Lipinski definition) is 2. The van der Waals surface area contributed by atoms with Crippen LogP contribution >= 0.6 is 0 Å². The monoisotopic (exact) mass is 860 g/mol. The average molecular weight is 861 g/mol. The summed E-state index contributed by atoms with van der Waals surface area (Å²) < 4.78 is 8.73. The van der Waals surface area contributed by atoms with Gasteiger partial charge in [-0.15, -0.1) is 0 Å². The number of furan rings is 1. The number of para-hydroxylation sites is 4. The molecule has 0 atom stereocenters. The van der Waals surface area contributed by atoms with Crippen LogP contribution in [0.1, 0.15) is 43.6 Å². The number of anilines is 3. The topological polar surface area (TPSA) is 21.3 Å². The van der Waals surface area contributed by atoms with Gasteiger partial charge in [0.15, 0.2) is 0 Å². The molecule has 320 valence electrons. The maximum Gasteiger partial charge on any atom is 0.136 e. The first-order valence-electron chi connectivity index (χ1n) is 23.9. The molecule has 1 aliphatic rings. The minimum atomic E-state index is 0.570. The van der Waals surface area contributed by atoms with E-state index in [4.69, 9.17) is 4.42 Å². The van der Waals surface area contributed by atoms with Crippen molar-refractivity contribution in [1.29, 1.82) is 0 Å². The van der Waals surface area contributed by atoms with E-state index >= 15 is 0 Å². The zero-order chi connectivity index (χ0) is 44.3. The lowest BCUT2D eigenvalue weighted by molar-refractivity contribution is 0.445. The summed E-state index contributed by atoms with van der Waals surface area (Å²) in [5, 5.41) is 7.47. The largest absolute Gasteiger partial charge is 0.456 e. The van der Waals surface area contributed by atoms with Gasteiger partial charge in [-0.25, -0.2) is 0 Å².